The van der Waals surface area contributed by atoms with E-state index in [4.69, 9.17) is 4.74 Å². The highest BCUT2D eigenvalue weighted by atomic mass is 32.2. The molecule has 2 aromatic carbocycles. The Bertz CT molecular complexity index is 884. The minimum atomic E-state index is -3.57. The third-order valence-electron chi connectivity index (χ3n) is 5.04. The minimum absolute atomic E-state index is 0.256. The number of hydrogen-bond donors (Lipinski definition) is 0. The van der Waals surface area contributed by atoms with Crippen LogP contribution in [-0.2, 0) is 10.0 Å². The molecule has 6 heteroatoms. The quantitative estimate of drug-likeness (QED) is 0.825. The third-order valence-corrected chi connectivity index (χ3v) is 6.96. The normalized spacial score (nSPS) is 15.9. The molecule has 0 aromatic heterocycles. The van der Waals surface area contributed by atoms with E-state index in [2.05, 4.69) is 36.1 Å². The van der Waals surface area contributed by atoms with Crippen molar-refractivity contribution < 1.29 is 13.2 Å². The molecule has 0 unspecified atom stereocenters. The average molecular weight is 375 g/mol. The van der Waals surface area contributed by atoms with Crippen molar-refractivity contribution in [3.05, 3.63) is 53.1 Å². The molecular weight excluding hydrogens is 348 g/mol. The molecule has 0 saturated carbocycles. The summed E-state index contributed by atoms with van der Waals surface area (Å²) >= 11 is 0. The third kappa shape index (κ3) is 3.57. The largest absolute Gasteiger partial charge is 0.495 e. The molecule has 0 atom stereocenters. The number of benzene rings is 2. The zero-order valence-electron chi connectivity index (χ0n) is 15.8. The molecule has 3 rings (SSSR count). The van der Waals surface area contributed by atoms with Crippen molar-refractivity contribution in [1.29, 1.82) is 0 Å². The second-order valence-electron chi connectivity index (χ2n) is 6.81. The molecule has 1 fully saturated rings. The van der Waals surface area contributed by atoms with E-state index < -0.39 is 10.0 Å². The molecule has 0 aliphatic carbocycles. The van der Waals surface area contributed by atoms with Crippen LogP contribution in [0.2, 0.25) is 0 Å². The Morgan fingerprint density at radius 1 is 0.885 bits per heavy atom. The van der Waals surface area contributed by atoms with Gasteiger partial charge in [0.15, 0.2) is 0 Å². The SMILES string of the molecule is COc1cc(C)c(C)cc1S(=O)(=O)N1CCN(c2ccc(C)cc2)CC1. The van der Waals surface area contributed by atoms with Crippen LogP contribution in [0.3, 0.4) is 0 Å². The highest BCUT2D eigenvalue weighted by molar-refractivity contribution is 7.89. The number of ether oxygens (including phenoxy) is 1. The van der Waals surface area contributed by atoms with Gasteiger partial charge in [-0.1, -0.05) is 17.7 Å². The second-order valence-corrected chi connectivity index (χ2v) is 8.72. The van der Waals surface area contributed by atoms with E-state index in [9.17, 15) is 8.42 Å². The van der Waals surface area contributed by atoms with Crippen LogP contribution in [0.4, 0.5) is 5.69 Å². The highest BCUT2D eigenvalue weighted by Gasteiger charge is 2.31. The summed E-state index contributed by atoms with van der Waals surface area (Å²) in [6, 6.07) is 11.9. The van der Waals surface area contributed by atoms with Gasteiger partial charge in [-0.15, -0.1) is 0 Å². The van der Waals surface area contributed by atoms with Crippen molar-refractivity contribution in [2.75, 3.05) is 38.2 Å². The van der Waals surface area contributed by atoms with Crippen LogP contribution in [0.15, 0.2) is 41.3 Å². The van der Waals surface area contributed by atoms with E-state index in [-0.39, 0.29) is 4.90 Å². The van der Waals surface area contributed by atoms with E-state index in [0.29, 0.717) is 31.9 Å². The van der Waals surface area contributed by atoms with Gasteiger partial charge < -0.3 is 9.64 Å². The summed E-state index contributed by atoms with van der Waals surface area (Å²) in [7, 11) is -2.06. The zero-order chi connectivity index (χ0) is 18.9. The number of sulfonamides is 1. The van der Waals surface area contributed by atoms with Crippen molar-refractivity contribution in [2.45, 2.75) is 25.7 Å². The highest BCUT2D eigenvalue weighted by Crippen LogP contribution is 2.30. The first-order chi connectivity index (χ1) is 12.3. The lowest BCUT2D eigenvalue weighted by molar-refractivity contribution is 0.374. The van der Waals surface area contributed by atoms with Crippen molar-refractivity contribution in [1.82, 2.24) is 4.31 Å². The van der Waals surface area contributed by atoms with E-state index in [1.165, 1.54) is 12.7 Å². The number of anilines is 1. The van der Waals surface area contributed by atoms with Gasteiger partial charge in [-0.3, -0.25) is 0 Å². The molecule has 1 aliphatic rings. The van der Waals surface area contributed by atoms with E-state index in [1.807, 2.05) is 13.8 Å². The molecule has 1 heterocycles. The lowest BCUT2D eigenvalue weighted by Gasteiger charge is -2.35. The molecule has 0 radical (unpaired) electrons. The predicted octanol–water partition coefficient (Wildman–Crippen LogP) is 3.13. The van der Waals surface area contributed by atoms with E-state index >= 15 is 0 Å². The topological polar surface area (TPSA) is 49.9 Å². The molecule has 5 nitrogen and oxygen atoms in total. The zero-order valence-corrected chi connectivity index (χ0v) is 16.6. The molecule has 140 valence electrons. The van der Waals surface area contributed by atoms with Crippen molar-refractivity contribution in [3.8, 4) is 5.75 Å². The van der Waals surface area contributed by atoms with Gasteiger partial charge >= 0.3 is 0 Å². The summed E-state index contributed by atoms with van der Waals surface area (Å²) in [4.78, 5) is 2.48. The first kappa shape index (κ1) is 18.7. The van der Waals surface area contributed by atoms with Crippen molar-refractivity contribution in [3.63, 3.8) is 0 Å². The Morgan fingerprint density at radius 2 is 1.46 bits per heavy atom. The van der Waals surface area contributed by atoms with Crippen LogP contribution in [0, 0.1) is 20.8 Å². The first-order valence-electron chi connectivity index (χ1n) is 8.80. The number of nitrogens with zero attached hydrogens (tertiary/aromatic N) is 2. The van der Waals surface area contributed by atoms with Gasteiger partial charge in [0, 0.05) is 31.9 Å². The lowest BCUT2D eigenvalue weighted by Crippen LogP contribution is -2.48. The standard InChI is InChI=1S/C20H26N2O3S/c1-15-5-7-18(8-6-15)21-9-11-22(12-10-21)26(23,24)20-14-17(3)16(2)13-19(20)25-4/h5-8,13-14H,9-12H2,1-4H3. The Morgan fingerprint density at radius 3 is 2.04 bits per heavy atom. The summed E-state index contributed by atoms with van der Waals surface area (Å²) in [5, 5.41) is 0. The predicted molar refractivity (Wildman–Crippen MR) is 105 cm³/mol. The summed E-state index contributed by atoms with van der Waals surface area (Å²) in [6.45, 7) is 8.21. The number of hydrogen-bond acceptors (Lipinski definition) is 4. The van der Waals surface area contributed by atoms with Gasteiger partial charge in [0.1, 0.15) is 10.6 Å². The van der Waals surface area contributed by atoms with Crippen molar-refractivity contribution >= 4 is 15.7 Å². The molecule has 0 bridgehead atoms. The van der Waals surface area contributed by atoms with Gasteiger partial charge in [0.05, 0.1) is 7.11 Å². The fourth-order valence-electron chi connectivity index (χ4n) is 3.21. The molecule has 1 saturated heterocycles. The molecule has 0 spiro atoms. The van der Waals surface area contributed by atoms with Crippen LogP contribution in [0.5, 0.6) is 5.75 Å². The smallest absolute Gasteiger partial charge is 0.246 e. The summed E-state index contributed by atoms with van der Waals surface area (Å²) in [5.41, 5.74) is 4.32. The van der Waals surface area contributed by atoms with E-state index in [1.54, 1.807) is 16.4 Å². The average Bonchev–Trinajstić information content (AvgIpc) is 2.64. The fourth-order valence-corrected chi connectivity index (χ4v) is 4.85. The van der Waals surface area contributed by atoms with Crippen LogP contribution < -0.4 is 9.64 Å². The Labute approximate surface area is 156 Å². The first-order valence-corrected chi connectivity index (χ1v) is 10.2. The van der Waals surface area contributed by atoms with Gasteiger partial charge in [-0.2, -0.15) is 4.31 Å². The summed E-state index contributed by atoms with van der Waals surface area (Å²) < 4.78 is 33.2. The van der Waals surface area contributed by atoms with Gasteiger partial charge in [-0.05, 0) is 56.2 Å². The molecule has 2 aromatic rings. The van der Waals surface area contributed by atoms with Gasteiger partial charge in [0.2, 0.25) is 10.0 Å². The maximum absolute atomic E-state index is 13.1. The molecule has 0 N–H and O–H groups in total. The number of rotatable bonds is 4. The summed E-state index contributed by atoms with van der Waals surface area (Å²) in [6.07, 6.45) is 0. The maximum atomic E-state index is 13.1. The van der Waals surface area contributed by atoms with Crippen molar-refractivity contribution in [2.24, 2.45) is 0 Å². The molecule has 0 amide bonds. The fraction of sp³-hybridized carbons (Fsp3) is 0.400. The molecular formula is C20H26N2O3S. The van der Waals surface area contributed by atoms with Crippen LogP contribution in [0.1, 0.15) is 16.7 Å². The van der Waals surface area contributed by atoms with Gasteiger partial charge in [-0.25, -0.2) is 8.42 Å². The number of aryl methyl sites for hydroxylation is 3. The van der Waals surface area contributed by atoms with E-state index in [0.717, 1.165) is 16.8 Å². The number of piperazine rings is 1. The minimum Gasteiger partial charge on any atom is -0.495 e. The lowest BCUT2D eigenvalue weighted by atomic mass is 10.1. The monoisotopic (exact) mass is 374 g/mol. The van der Waals surface area contributed by atoms with Crippen LogP contribution >= 0.6 is 0 Å². The van der Waals surface area contributed by atoms with Gasteiger partial charge in [0.25, 0.3) is 0 Å². The van der Waals surface area contributed by atoms with Crippen LogP contribution in [-0.4, -0.2) is 46.0 Å². The Kier molecular flexibility index (Phi) is 5.25. The Balaban J connectivity index is 1.80. The summed E-state index contributed by atoms with van der Waals surface area (Å²) in [5.74, 6) is 0.411. The molecule has 1 aliphatic heterocycles. The molecule has 26 heavy (non-hydrogen) atoms. The maximum Gasteiger partial charge on any atom is 0.246 e. The Hall–Kier alpha value is -2.05. The second kappa shape index (κ2) is 7.29. The van der Waals surface area contributed by atoms with Crippen LogP contribution in [0.25, 0.3) is 0 Å². The number of methoxy groups -OCH3 is 1.